The molecule has 57 heavy (non-hydrogen) atoms. The number of thioether (sulfide) groups is 2. The van der Waals surface area contributed by atoms with E-state index < -0.39 is 65.4 Å². The number of carbonyl (C=O) groups is 7. The lowest BCUT2D eigenvalue weighted by Gasteiger charge is -2.40. The number of benzene rings is 1. The molecule has 0 aliphatic carbocycles. The molecule has 5 rings (SSSR count). The van der Waals surface area contributed by atoms with Gasteiger partial charge in [-0.25, -0.2) is 9.59 Å². The number of amides is 4. The van der Waals surface area contributed by atoms with E-state index in [1.54, 1.807) is 54.1 Å². The zero-order valence-corrected chi connectivity index (χ0v) is 35.3. The van der Waals surface area contributed by atoms with Crippen molar-refractivity contribution in [2.24, 2.45) is 11.8 Å². The third-order valence-corrected chi connectivity index (χ3v) is 13.7. The summed E-state index contributed by atoms with van der Waals surface area (Å²) in [4.78, 5) is 98.4. The van der Waals surface area contributed by atoms with Crippen molar-refractivity contribution in [1.82, 2.24) is 20.4 Å². The molecule has 4 saturated heterocycles. The van der Waals surface area contributed by atoms with Crippen LogP contribution in [0.3, 0.4) is 0 Å². The zero-order valence-electron chi connectivity index (χ0n) is 33.7. The van der Waals surface area contributed by atoms with Crippen molar-refractivity contribution in [3.63, 3.8) is 0 Å². The van der Waals surface area contributed by atoms with Crippen LogP contribution < -0.4 is 10.6 Å². The number of piperidine rings is 2. The zero-order chi connectivity index (χ0) is 41.3. The number of fused-ring (bicyclic) bond motifs is 2. The maximum atomic E-state index is 14.3. The van der Waals surface area contributed by atoms with E-state index in [4.69, 9.17) is 14.2 Å². The van der Waals surface area contributed by atoms with E-state index in [0.717, 1.165) is 31.2 Å². The third-order valence-electron chi connectivity index (χ3n) is 11.0. The molecule has 4 aliphatic heterocycles. The van der Waals surface area contributed by atoms with Crippen LogP contribution in [0.4, 0.5) is 0 Å². The Balaban J connectivity index is 1.35. The molecule has 14 nitrogen and oxygen atoms in total. The van der Waals surface area contributed by atoms with Crippen molar-refractivity contribution < 1.29 is 47.8 Å². The molecule has 8 atom stereocenters. The number of methoxy groups -OCH3 is 2. The Morgan fingerprint density at radius 1 is 0.719 bits per heavy atom. The van der Waals surface area contributed by atoms with Gasteiger partial charge in [-0.2, -0.15) is 0 Å². The standard InChI is InChI=1S/C41H58N4O10S2/c1-41(2,3)55-34(46)24-27(36(48)43-29-20-22-57-33-16-10-14-31(40(52)54-5)45(33)38(29)50)18-17-26(23-25-11-7-6-8-12-25)35(47)42-28-19-21-56-32-15-9-13-30(39(51)53-4)44(32)37(28)49/h6-8,11-12,26-33H,9-10,13-24H2,1-5H3,(H,42,47)(H,43,48). The Hall–Kier alpha value is -3.79. The highest BCUT2D eigenvalue weighted by atomic mass is 32.2. The first-order chi connectivity index (χ1) is 27.2. The summed E-state index contributed by atoms with van der Waals surface area (Å²) in [6, 6.07) is 6.20. The van der Waals surface area contributed by atoms with Crippen molar-refractivity contribution in [3.8, 4) is 0 Å². The molecule has 1 aromatic carbocycles. The predicted molar refractivity (Wildman–Crippen MR) is 215 cm³/mol. The molecule has 314 valence electrons. The number of hydrogen-bond donors (Lipinski definition) is 2. The van der Waals surface area contributed by atoms with Gasteiger partial charge in [-0.15, -0.1) is 23.5 Å². The minimum Gasteiger partial charge on any atom is -0.467 e. The van der Waals surface area contributed by atoms with Crippen molar-refractivity contribution in [2.45, 2.75) is 138 Å². The van der Waals surface area contributed by atoms with Gasteiger partial charge in [0.2, 0.25) is 23.6 Å². The summed E-state index contributed by atoms with van der Waals surface area (Å²) in [7, 11) is 2.61. The molecule has 4 heterocycles. The molecule has 4 fully saturated rings. The second-order valence-electron chi connectivity index (χ2n) is 16.2. The summed E-state index contributed by atoms with van der Waals surface area (Å²) in [5.74, 6) is -3.56. The third kappa shape index (κ3) is 11.7. The van der Waals surface area contributed by atoms with Crippen molar-refractivity contribution in [2.75, 3.05) is 25.7 Å². The van der Waals surface area contributed by atoms with Gasteiger partial charge >= 0.3 is 17.9 Å². The molecule has 0 radical (unpaired) electrons. The topological polar surface area (TPSA) is 178 Å². The van der Waals surface area contributed by atoms with Gasteiger partial charge in [0, 0.05) is 11.8 Å². The summed E-state index contributed by atoms with van der Waals surface area (Å²) in [5.41, 5.74) is 0.0753. The summed E-state index contributed by atoms with van der Waals surface area (Å²) in [6.45, 7) is 5.21. The molecule has 8 unspecified atom stereocenters. The van der Waals surface area contributed by atoms with E-state index in [1.165, 1.54) is 14.2 Å². The maximum Gasteiger partial charge on any atom is 0.328 e. The lowest BCUT2D eigenvalue weighted by molar-refractivity contribution is -0.158. The lowest BCUT2D eigenvalue weighted by Crippen LogP contribution is -2.58. The minimum absolute atomic E-state index is 0.107. The van der Waals surface area contributed by atoms with Gasteiger partial charge < -0.3 is 34.6 Å². The van der Waals surface area contributed by atoms with E-state index in [1.807, 2.05) is 30.3 Å². The Labute approximate surface area is 344 Å². The largest absolute Gasteiger partial charge is 0.467 e. The van der Waals surface area contributed by atoms with Crippen LogP contribution >= 0.6 is 23.5 Å². The van der Waals surface area contributed by atoms with Crippen LogP contribution in [-0.4, -0.2) is 118 Å². The van der Waals surface area contributed by atoms with Crippen LogP contribution in [0, 0.1) is 11.8 Å². The van der Waals surface area contributed by atoms with Gasteiger partial charge in [0.1, 0.15) is 29.8 Å². The van der Waals surface area contributed by atoms with E-state index in [0.29, 0.717) is 43.6 Å². The van der Waals surface area contributed by atoms with E-state index in [2.05, 4.69) is 10.6 Å². The average molecular weight is 831 g/mol. The van der Waals surface area contributed by atoms with Crippen molar-refractivity contribution in [1.29, 1.82) is 0 Å². The molecule has 4 aliphatic rings. The molecule has 0 aromatic heterocycles. The number of ether oxygens (including phenoxy) is 3. The second-order valence-corrected chi connectivity index (χ2v) is 18.8. The Morgan fingerprint density at radius 3 is 1.67 bits per heavy atom. The van der Waals surface area contributed by atoms with Gasteiger partial charge in [0.05, 0.1) is 31.4 Å². The highest BCUT2D eigenvalue weighted by Crippen LogP contribution is 2.36. The number of nitrogens with zero attached hydrogens (tertiary/aromatic N) is 2. The highest BCUT2D eigenvalue weighted by molar-refractivity contribution is 8.00. The highest BCUT2D eigenvalue weighted by Gasteiger charge is 2.46. The maximum absolute atomic E-state index is 14.3. The molecule has 1 aromatic rings. The molecule has 4 amide bonds. The van der Waals surface area contributed by atoms with Gasteiger partial charge in [-0.1, -0.05) is 30.3 Å². The van der Waals surface area contributed by atoms with Gasteiger partial charge in [0.15, 0.2) is 0 Å². The monoisotopic (exact) mass is 830 g/mol. The molecule has 0 saturated carbocycles. The number of esters is 3. The Kier molecular flexibility index (Phi) is 15.8. The van der Waals surface area contributed by atoms with Crippen LogP contribution in [0.5, 0.6) is 0 Å². The molecule has 16 heteroatoms. The van der Waals surface area contributed by atoms with Crippen LogP contribution in [0.2, 0.25) is 0 Å². The molecule has 0 bridgehead atoms. The second kappa shape index (κ2) is 20.3. The fraction of sp³-hybridized carbons (Fsp3) is 0.683. The number of nitrogens with one attached hydrogen (secondary N) is 2. The first-order valence-electron chi connectivity index (χ1n) is 20.1. The van der Waals surface area contributed by atoms with Gasteiger partial charge in [-0.3, -0.25) is 24.0 Å². The first kappa shape index (κ1) is 44.3. The molecule has 2 N–H and O–H groups in total. The minimum atomic E-state index is -0.950. The lowest BCUT2D eigenvalue weighted by atomic mass is 9.88. The van der Waals surface area contributed by atoms with E-state index >= 15 is 0 Å². The van der Waals surface area contributed by atoms with E-state index in [9.17, 15) is 33.6 Å². The summed E-state index contributed by atoms with van der Waals surface area (Å²) < 4.78 is 15.7. The van der Waals surface area contributed by atoms with Gasteiger partial charge in [-0.05, 0) is 108 Å². The van der Waals surface area contributed by atoms with Crippen LogP contribution in [0.15, 0.2) is 30.3 Å². The van der Waals surface area contributed by atoms with E-state index in [-0.39, 0.29) is 47.7 Å². The van der Waals surface area contributed by atoms with Crippen molar-refractivity contribution >= 4 is 65.1 Å². The Morgan fingerprint density at radius 2 is 1.19 bits per heavy atom. The number of rotatable bonds is 13. The van der Waals surface area contributed by atoms with Gasteiger partial charge in [0.25, 0.3) is 0 Å². The fourth-order valence-electron chi connectivity index (χ4n) is 8.22. The van der Waals surface area contributed by atoms with Crippen LogP contribution in [0.1, 0.15) is 97.0 Å². The summed E-state index contributed by atoms with van der Waals surface area (Å²) in [5, 5.41) is 5.53. The molecular weight excluding hydrogens is 773 g/mol. The Bertz CT molecular complexity index is 1620. The smallest absolute Gasteiger partial charge is 0.328 e. The summed E-state index contributed by atoms with van der Waals surface area (Å²) >= 11 is 3.18. The van der Waals surface area contributed by atoms with Crippen molar-refractivity contribution in [3.05, 3.63) is 35.9 Å². The fourth-order valence-corrected chi connectivity index (χ4v) is 11.0. The SMILES string of the molecule is COC(=O)C1CCCC2SCCC(NC(=O)C(CCC(Cc3ccccc3)C(=O)NC3CCSC4CCCC(C(=O)OC)N4C3=O)CC(=O)OC(C)(C)C)C(=O)N21. The molecule has 0 spiro atoms. The quantitative estimate of drug-likeness (QED) is 0.216. The summed E-state index contributed by atoms with van der Waals surface area (Å²) in [6.07, 6.45) is 5.05. The van der Waals surface area contributed by atoms with Crippen LogP contribution in [-0.2, 0) is 54.2 Å². The number of hydrogen-bond acceptors (Lipinski definition) is 12. The number of carbonyl (C=O) groups excluding carboxylic acids is 7. The predicted octanol–water partition coefficient (Wildman–Crippen LogP) is 3.98. The molecular formula is C41H58N4O10S2. The normalized spacial score (nSPS) is 26.3. The average Bonchev–Trinajstić information content (AvgIpc) is 3.44. The van der Waals surface area contributed by atoms with Crippen LogP contribution in [0.25, 0.3) is 0 Å². The first-order valence-corrected chi connectivity index (χ1v) is 22.2.